The van der Waals surface area contributed by atoms with Gasteiger partial charge in [-0.25, -0.2) is 4.98 Å². The molecule has 1 rings (SSSR count). The highest BCUT2D eigenvalue weighted by Crippen LogP contribution is 2.23. The average molecular weight is 153 g/mol. The van der Waals surface area contributed by atoms with Crippen molar-refractivity contribution in [3.8, 4) is 0 Å². The van der Waals surface area contributed by atoms with E-state index in [1.807, 2.05) is 6.20 Å². The van der Waals surface area contributed by atoms with Crippen molar-refractivity contribution in [3.63, 3.8) is 0 Å². The maximum absolute atomic E-state index is 5.23. The Morgan fingerprint density at radius 3 is 2.82 bits per heavy atom. The Kier molecular flexibility index (Phi) is 3.14. The van der Waals surface area contributed by atoms with E-state index in [0.29, 0.717) is 5.92 Å². The van der Waals surface area contributed by atoms with Crippen LogP contribution in [0.2, 0.25) is 0 Å². The molecule has 0 amide bonds. The molecule has 0 bridgehead atoms. The lowest BCUT2D eigenvalue weighted by Crippen LogP contribution is -1.94. The molecule has 2 heteroatoms. The molecule has 0 fully saturated rings. The predicted molar refractivity (Wildman–Crippen MR) is 44.4 cm³/mol. The number of rotatable bonds is 4. The first-order valence-corrected chi connectivity index (χ1v) is 4.26. The first-order chi connectivity index (χ1) is 5.38. The van der Waals surface area contributed by atoms with E-state index in [-0.39, 0.29) is 0 Å². The minimum Gasteiger partial charge on any atom is -0.448 e. The Morgan fingerprint density at radius 2 is 2.36 bits per heavy atom. The van der Waals surface area contributed by atoms with Crippen LogP contribution in [0.15, 0.2) is 17.0 Å². The summed E-state index contributed by atoms with van der Waals surface area (Å²) in [4.78, 5) is 3.91. The zero-order valence-electron chi connectivity index (χ0n) is 7.21. The van der Waals surface area contributed by atoms with Gasteiger partial charge in [-0.1, -0.05) is 20.3 Å². The summed E-state index contributed by atoms with van der Waals surface area (Å²) in [5.74, 6) is 1.61. The number of hydrogen-bond acceptors (Lipinski definition) is 2. The Labute approximate surface area is 67.6 Å². The minimum atomic E-state index is 0.572. The van der Waals surface area contributed by atoms with Gasteiger partial charge in [0.25, 0.3) is 0 Å². The lowest BCUT2D eigenvalue weighted by atomic mass is 9.99. The van der Waals surface area contributed by atoms with Crippen LogP contribution >= 0.6 is 0 Å². The van der Waals surface area contributed by atoms with Crippen LogP contribution in [-0.4, -0.2) is 4.98 Å². The molecule has 1 heterocycles. The molecule has 0 spiro atoms. The fourth-order valence-corrected chi connectivity index (χ4v) is 1.32. The van der Waals surface area contributed by atoms with Crippen molar-refractivity contribution in [1.29, 1.82) is 0 Å². The van der Waals surface area contributed by atoms with Gasteiger partial charge < -0.3 is 4.42 Å². The van der Waals surface area contributed by atoms with Crippen LogP contribution in [0.25, 0.3) is 0 Å². The zero-order valence-corrected chi connectivity index (χ0v) is 7.21. The van der Waals surface area contributed by atoms with E-state index in [2.05, 4.69) is 18.8 Å². The molecular formula is C9H15NO. The van der Waals surface area contributed by atoms with Crippen molar-refractivity contribution in [2.24, 2.45) is 0 Å². The fourth-order valence-electron chi connectivity index (χ4n) is 1.32. The molecule has 1 unspecified atom stereocenters. The van der Waals surface area contributed by atoms with Crippen LogP contribution < -0.4 is 0 Å². The maximum Gasteiger partial charge on any atom is 0.180 e. The molecule has 1 aromatic heterocycles. The molecule has 0 radical (unpaired) electrons. The van der Waals surface area contributed by atoms with E-state index in [4.69, 9.17) is 4.42 Å². The summed E-state index contributed by atoms with van der Waals surface area (Å²) < 4.78 is 5.23. The summed E-state index contributed by atoms with van der Waals surface area (Å²) in [5, 5.41) is 0. The summed E-state index contributed by atoms with van der Waals surface area (Å²) in [6.07, 6.45) is 6.88. The van der Waals surface area contributed by atoms with Gasteiger partial charge in [0.05, 0.1) is 6.20 Å². The van der Waals surface area contributed by atoms with Crippen molar-refractivity contribution in [1.82, 2.24) is 4.98 Å². The molecule has 0 saturated carbocycles. The Bertz CT molecular complexity index is 181. The van der Waals surface area contributed by atoms with Crippen LogP contribution in [0.5, 0.6) is 0 Å². The first-order valence-electron chi connectivity index (χ1n) is 4.26. The van der Waals surface area contributed by atoms with Crippen LogP contribution in [0, 0.1) is 0 Å². The van der Waals surface area contributed by atoms with E-state index in [0.717, 1.165) is 12.2 Å². The number of nitrogens with zero attached hydrogens (tertiary/aromatic N) is 1. The van der Waals surface area contributed by atoms with E-state index in [1.165, 1.54) is 19.2 Å². The van der Waals surface area contributed by atoms with Gasteiger partial charge in [-0.2, -0.15) is 0 Å². The van der Waals surface area contributed by atoms with E-state index < -0.39 is 0 Å². The van der Waals surface area contributed by atoms with Crippen molar-refractivity contribution in [2.45, 2.75) is 39.0 Å². The molecule has 11 heavy (non-hydrogen) atoms. The quantitative estimate of drug-likeness (QED) is 0.664. The second kappa shape index (κ2) is 4.16. The first kappa shape index (κ1) is 8.31. The third kappa shape index (κ3) is 2.07. The third-order valence-electron chi connectivity index (χ3n) is 1.98. The Morgan fingerprint density at radius 1 is 1.55 bits per heavy atom. The lowest BCUT2D eigenvalue weighted by molar-refractivity contribution is 0.434. The molecule has 0 aliphatic heterocycles. The van der Waals surface area contributed by atoms with E-state index in [9.17, 15) is 0 Å². The molecule has 0 saturated heterocycles. The molecule has 2 nitrogen and oxygen atoms in total. The van der Waals surface area contributed by atoms with Gasteiger partial charge >= 0.3 is 0 Å². The lowest BCUT2D eigenvalue weighted by Gasteiger charge is -2.08. The molecular weight excluding hydrogens is 138 g/mol. The summed E-state index contributed by atoms with van der Waals surface area (Å²) in [5.41, 5.74) is 0. The van der Waals surface area contributed by atoms with Gasteiger partial charge in [0.2, 0.25) is 0 Å². The third-order valence-corrected chi connectivity index (χ3v) is 1.98. The summed E-state index contributed by atoms with van der Waals surface area (Å²) in [6.45, 7) is 4.38. The highest BCUT2D eigenvalue weighted by atomic mass is 16.3. The molecule has 0 aromatic carbocycles. The topological polar surface area (TPSA) is 26.0 Å². The highest BCUT2D eigenvalue weighted by molar-refractivity contribution is 4.97. The molecule has 0 N–H and O–H groups in total. The molecule has 62 valence electrons. The van der Waals surface area contributed by atoms with Crippen molar-refractivity contribution in [2.75, 3.05) is 0 Å². The average Bonchev–Trinajstić information content (AvgIpc) is 2.52. The second-order valence-electron chi connectivity index (χ2n) is 2.80. The molecule has 0 aliphatic rings. The number of oxazole rings is 1. The highest BCUT2D eigenvalue weighted by Gasteiger charge is 2.10. The van der Waals surface area contributed by atoms with E-state index >= 15 is 0 Å². The Hall–Kier alpha value is -0.790. The SMILES string of the molecule is CCCC(CC)c1cnco1. The number of aromatic nitrogens is 1. The van der Waals surface area contributed by atoms with Crippen LogP contribution in [-0.2, 0) is 0 Å². The van der Waals surface area contributed by atoms with Crippen LogP contribution in [0.4, 0.5) is 0 Å². The van der Waals surface area contributed by atoms with Gasteiger partial charge in [-0.3, -0.25) is 0 Å². The fraction of sp³-hybridized carbons (Fsp3) is 0.667. The van der Waals surface area contributed by atoms with E-state index in [1.54, 1.807) is 0 Å². The van der Waals surface area contributed by atoms with Gasteiger partial charge in [0, 0.05) is 5.92 Å². The smallest absolute Gasteiger partial charge is 0.180 e. The molecule has 0 aliphatic carbocycles. The van der Waals surface area contributed by atoms with Crippen molar-refractivity contribution >= 4 is 0 Å². The van der Waals surface area contributed by atoms with Gasteiger partial charge in [-0.15, -0.1) is 0 Å². The van der Waals surface area contributed by atoms with Crippen molar-refractivity contribution < 1.29 is 4.42 Å². The van der Waals surface area contributed by atoms with Gasteiger partial charge in [0.1, 0.15) is 5.76 Å². The van der Waals surface area contributed by atoms with Crippen molar-refractivity contribution in [3.05, 3.63) is 18.4 Å². The molecule has 1 aromatic rings. The Balaban J connectivity index is 2.56. The van der Waals surface area contributed by atoms with Crippen LogP contribution in [0.3, 0.4) is 0 Å². The monoisotopic (exact) mass is 153 g/mol. The van der Waals surface area contributed by atoms with Gasteiger partial charge in [-0.05, 0) is 12.8 Å². The zero-order chi connectivity index (χ0) is 8.10. The predicted octanol–water partition coefficient (Wildman–Crippen LogP) is 2.97. The standard InChI is InChI=1S/C9H15NO/c1-3-5-8(4-2)9-6-10-7-11-9/h6-8H,3-5H2,1-2H3. The largest absolute Gasteiger partial charge is 0.448 e. The summed E-state index contributed by atoms with van der Waals surface area (Å²) >= 11 is 0. The minimum absolute atomic E-state index is 0.572. The van der Waals surface area contributed by atoms with Gasteiger partial charge in [0.15, 0.2) is 6.39 Å². The summed E-state index contributed by atoms with van der Waals surface area (Å²) in [7, 11) is 0. The molecule has 1 atom stereocenters. The summed E-state index contributed by atoms with van der Waals surface area (Å²) in [6, 6.07) is 0. The van der Waals surface area contributed by atoms with Crippen LogP contribution in [0.1, 0.15) is 44.8 Å². The normalized spacial score (nSPS) is 13.3. The number of hydrogen-bond donors (Lipinski definition) is 0. The second-order valence-corrected chi connectivity index (χ2v) is 2.80. The maximum atomic E-state index is 5.23.